The summed E-state index contributed by atoms with van der Waals surface area (Å²) in [6, 6.07) is 7.24. The van der Waals surface area contributed by atoms with Crippen LogP contribution in [-0.2, 0) is 9.47 Å². The predicted octanol–water partition coefficient (Wildman–Crippen LogP) is 4.82. The van der Waals surface area contributed by atoms with Gasteiger partial charge in [-0.3, -0.25) is 0 Å². The standard InChI is InChI=1S/C26H36F2N4O2/c1-33-13-10-29-20-3-5-21(6-4-20)32-26-15-22(24(28)17-31-26)19-2-7-23(27)25(14-19)30-16-18-8-11-34-12-9-18/h2,7,14-15,17-18,20-21,29-30H,3-6,8-13,16H2,1H3,(H,31,32)/t20-,21-. The highest BCUT2D eigenvalue weighted by molar-refractivity contribution is 5.71. The number of anilines is 2. The molecule has 0 radical (unpaired) electrons. The Morgan fingerprint density at radius 1 is 1.00 bits per heavy atom. The first-order valence-corrected chi connectivity index (χ1v) is 12.4. The monoisotopic (exact) mass is 474 g/mol. The lowest BCUT2D eigenvalue weighted by atomic mass is 9.91. The van der Waals surface area contributed by atoms with E-state index in [4.69, 9.17) is 9.47 Å². The second-order valence-corrected chi connectivity index (χ2v) is 9.32. The Labute approximate surface area is 200 Å². The smallest absolute Gasteiger partial charge is 0.149 e. The predicted molar refractivity (Wildman–Crippen MR) is 131 cm³/mol. The largest absolute Gasteiger partial charge is 0.383 e. The van der Waals surface area contributed by atoms with Crippen LogP contribution in [0.3, 0.4) is 0 Å². The van der Waals surface area contributed by atoms with E-state index in [0.29, 0.717) is 47.2 Å². The molecule has 0 spiro atoms. The fourth-order valence-electron chi connectivity index (χ4n) is 4.79. The maximum Gasteiger partial charge on any atom is 0.149 e. The van der Waals surface area contributed by atoms with E-state index in [9.17, 15) is 8.78 Å². The molecule has 1 aliphatic carbocycles. The maximum atomic E-state index is 14.7. The van der Waals surface area contributed by atoms with Gasteiger partial charge in [0.2, 0.25) is 0 Å². The van der Waals surface area contributed by atoms with Gasteiger partial charge in [-0.25, -0.2) is 13.8 Å². The highest BCUT2D eigenvalue weighted by Gasteiger charge is 2.21. The average Bonchev–Trinajstić information content (AvgIpc) is 2.87. The van der Waals surface area contributed by atoms with E-state index >= 15 is 0 Å². The van der Waals surface area contributed by atoms with E-state index in [0.717, 1.165) is 64.9 Å². The van der Waals surface area contributed by atoms with Crippen molar-refractivity contribution in [1.82, 2.24) is 10.3 Å². The quantitative estimate of drug-likeness (QED) is 0.429. The maximum absolute atomic E-state index is 14.7. The van der Waals surface area contributed by atoms with Crippen molar-refractivity contribution in [3.8, 4) is 11.1 Å². The third-order valence-electron chi connectivity index (χ3n) is 6.87. The van der Waals surface area contributed by atoms with E-state index in [-0.39, 0.29) is 5.82 Å². The van der Waals surface area contributed by atoms with Crippen molar-refractivity contribution in [2.24, 2.45) is 5.92 Å². The lowest BCUT2D eigenvalue weighted by molar-refractivity contribution is 0.0699. The van der Waals surface area contributed by atoms with Gasteiger partial charge in [-0.15, -0.1) is 0 Å². The first kappa shape index (κ1) is 24.8. The second-order valence-electron chi connectivity index (χ2n) is 9.32. The van der Waals surface area contributed by atoms with E-state index in [1.807, 2.05) is 0 Å². The van der Waals surface area contributed by atoms with Crippen LogP contribution in [0.5, 0.6) is 0 Å². The van der Waals surface area contributed by atoms with Gasteiger partial charge in [0, 0.05) is 51.1 Å². The Hall–Kier alpha value is -2.29. The highest BCUT2D eigenvalue weighted by Crippen LogP contribution is 2.30. The molecule has 0 unspecified atom stereocenters. The van der Waals surface area contributed by atoms with Gasteiger partial charge >= 0.3 is 0 Å². The minimum absolute atomic E-state index is 0.302. The SMILES string of the molecule is COCCN[C@H]1CC[C@H](Nc2cc(-c3ccc(F)c(NCC4CCOCC4)c3)c(F)cn2)CC1. The zero-order valence-corrected chi connectivity index (χ0v) is 19.9. The lowest BCUT2D eigenvalue weighted by Gasteiger charge is -2.30. The Kier molecular flexibility index (Phi) is 9.07. The van der Waals surface area contributed by atoms with Crippen molar-refractivity contribution in [1.29, 1.82) is 0 Å². The number of ether oxygens (including phenoxy) is 2. The third kappa shape index (κ3) is 6.87. The summed E-state index contributed by atoms with van der Waals surface area (Å²) in [4.78, 5) is 4.26. The van der Waals surface area contributed by atoms with Crippen LogP contribution in [0, 0.1) is 17.6 Å². The third-order valence-corrected chi connectivity index (χ3v) is 6.87. The van der Waals surface area contributed by atoms with Gasteiger partial charge in [-0.2, -0.15) is 0 Å². The summed E-state index contributed by atoms with van der Waals surface area (Å²) in [5, 5.41) is 10.2. The minimum atomic E-state index is -0.418. The molecule has 0 atom stereocenters. The van der Waals surface area contributed by atoms with Crippen LogP contribution in [0.15, 0.2) is 30.5 Å². The minimum Gasteiger partial charge on any atom is -0.383 e. The Balaban J connectivity index is 1.38. The molecule has 0 bridgehead atoms. The zero-order valence-electron chi connectivity index (χ0n) is 19.9. The van der Waals surface area contributed by atoms with Crippen molar-refractivity contribution in [3.63, 3.8) is 0 Å². The normalized spacial score (nSPS) is 21.4. The van der Waals surface area contributed by atoms with E-state index < -0.39 is 5.82 Å². The molecule has 186 valence electrons. The molecule has 6 nitrogen and oxygen atoms in total. The van der Waals surface area contributed by atoms with Crippen molar-refractivity contribution in [2.45, 2.75) is 50.6 Å². The van der Waals surface area contributed by atoms with E-state index in [1.54, 1.807) is 25.3 Å². The summed E-state index contributed by atoms with van der Waals surface area (Å²) < 4.78 is 39.6. The molecule has 8 heteroatoms. The lowest BCUT2D eigenvalue weighted by Crippen LogP contribution is -2.38. The van der Waals surface area contributed by atoms with Gasteiger partial charge in [-0.1, -0.05) is 6.07 Å². The molecule has 3 N–H and O–H groups in total. The number of nitrogens with zero attached hydrogens (tertiary/aromatic N) is 1. The number of aromatic nitrogens is 1. The van der Waals surface area contributed by atoms with E-state index in [1.165, 1.54) is 12.3 Å². The molecule has 1 saturated carbocycles. The van der Waals surface area contributed by atoms with Gasteiger partial charge in [0.15, 0.2) is 0 Å². The molecule has 2 heterocycles. The van der Waals surface area contributed by atoms with Crippen molar-refractivity contribution >= 4 is 11.5 Å². The molecular formula is C26H36F2N4O2. The summed E-state index contributed by atoms with van der Waals surface area (Å²) in [6.45, 7) is 3.76. The number of rotatable bonds is 10. The highest BCUT2D eigenvalue weighted by atomic mass is 19.1. The Morgan fingerprint density at radius 3 is 2.53 bits per heavy atom. The summed E-state index contributed by atoms with van der Waals surface area (Å²) in [7, 11) is 1.71. The molecule has 2 aromatic rings. The molecule has 4 rings (SSSR count). The number of hydrogen-bond acceptors (Lipinski definition) is 6. The van der Waals surface area contributed by atoms with Gasteiger partial charge in [0.25, 0.3) is 0 Å². The van der Waals surface area contributed by atoms with Crippen LogP contribution < -0.4 is 16.0 Å². The van der Waals surface area contributed by atoms with Gasteiger partial charge in [-0.05, 0) is 68.2 Å². The second kappa shape index (κ2) is 12.4. The number of hydrogen-bond donors (Lipinski definition) is 3. The first-order valence-electron chi connectivity index (χ1n) is 12.4. The summed E-state index contributed by atoms with van der Waals surface area (Å²) in [5.41, 5.74) is 1.44. The van der Waals surface area contributed by atoms with Crippen molar-refractivity contribution in [3.05, 3.63) is 42.1 Å². The molecule has 2 fully saturated rings. The Morgan fingerprint density at radius 2 is 1.76 bits per heavy atom. The van der Waals surface area contributed by atoms with Crippen LogP contribution >= 0.6 is 0 Å². The molecule has 0 amide bonds. The number of pyridine rings is 1. The number of halogens is 2. The fraction of sp³-hybridized carbons (Fsp3) is 0.577. The zero-order chi connectivity index (χ0) is 23.8. The van der Waals surface area contributed by atoms with Crippen molar-refractivity contribution < 1.29 is 18.3 Å². The van der Waals surface area contributed by atoms with Crippen LogP contribution in [0.25, 0.3) is 11.1 Å². The topological polar surface area (TPSA) is 67.4 Å². The van der Waals surface area contributed by atoms with Crippen LogP contribution in [-0.4, -0.2) is 57.1 Å². The Bertz CT molecular complexity index is 916. The molecule has 1 aliphatic heterocycles. The van der Waals surface area contributed by atoms with Gasteiger partial charge < -0.3 is 25.4 Å². The number of nitrogens with one attached hydrogen (secondary N) is 3. The molecular weight excluding hydrogens is 438 g/mol. The van der Waals surface area contributed by atoms with Gasteiger partial charge in [0.05, 0.1) is 18.5 Å². The van der Waals surface area contributed by atoms with Gasteiger partial charge in [0.1, 0.15) is 17.5 Å². The fourth-order valence-corrected chi connectivity index (χ4v) is 4.79. The molecule has 1 aromatic carbocycles. The average molecular weight is 475 g/mol. The first-order chi connectivity index (χ1) is 16.6. The van der Waals surface area contributed by atoms with Crippen LogP contribution in [0.2, 0.25) is 0 Å². The van der Waals surface area contributed by atoms with Crippen LogP contribution in [0.4, 0.5) is 20.3 Å². The summed E-state index contributed by atoms with van der Waals surface area (Å²) in [6.07, 6.45) is 7.38. The molecule has 2 aliphatic rings. The molecule has 1 saturated heterocycles. The molecule has 34 heavy (non-hydrogen) atoms. The van der Waals surface area contributed by atoms with Crippen LogP contribution in [0.1, 0.15) is 38.5 Å². The van der Waals surface area contributed by atoms with E-state index in [2.05, 4.69) is 20.9 Å². The number of methoxy groups -OCH3 is 1. The summed E-state index contributed by atoms with van der Waals surface area (Å²) in [5.74, 6) is 0.349. The van der Waals surface area contributed by atoms with Crippen molar-refractivity contribution in [2.75, 3.05) is 50.7 Å². The molecule has 1 aromatic heterocycles. The number of benzene rings is 1. The summed E-state index contributed by atoms with van der Waals surface area (Å²) >= 11 is 0.